The summed E-state index contributed by atoms with van der Waals surface area (Å²) in [7, 11) is 0. The molecule has 3 aromatic rings. The number of non-ortho nitro benzene ring substituents is 1. The van der Waals surface area contributed by atoms with Gasteiger partial charge in [-0.15, -0.1) is 0 Å². The number of aryl methyl sites for hydroxylation is 1. The Morgan fingerprint density at radius 2 is 2.00 bits per heavy atom. The highest BCUT2D eigenvalue weighted by molar-refractivity contribution is 6.31. The Morgan fingerprint density at radius 3 is 2.78 bits per heavy atom. The van der Waals surface area contributed by atoms with E-state index in [2.05, 4.69) is 26.7 Å². The summed E-state index contributed by atoms with van der Waals surface area (Å²) in [6, 6.07) is 12.6. The fraction of sp³-hybridized carbons (Fsp3) is 0.250. The largest absolute Gasteiger partial charge is 0.350 e. The fourth-order valence-electron chi connectivity index (χ4n) is 3.74. The molecule has 0 fully saturated rings. The molecule has 1 aliphatic heterocycles. The quantitative estimate of drug-likeness (QED) is 0.494. The Bertz CT molecular complexity index is 958. The highest BCUT2D eigenvalue weighted by Gasteiger charge is 2.30. The van der Waals surface area contributed by atoms with Crippen LogP contribution in [0.15, 0.2) is 61.1 Å². The summed E-state index contributed by atoms with van der Waals surface area (Å²) >= 11 is 6.52. The molecule has 7 heteroatoms. The molecule has 2 aromatic heterocycles. The van der Waals surface area contributed by atoms with Gasteiger partial charge in [0.2, 0.25) is 0 Å². The minimum atomic E-state index is -0.372. The first-order valence-electron chi connectivity index (χ1n) is 8.85. The van der Waals surface area contributed by atoms with Crippen molar-refractivity contribution in [3.8, 4) is 0 Å². The molecule has 0 unspecified atom stereocenters. The average Bonchev–Trinajstić information content (AvgIpc) is 3.05. The molecule has 27 heavy (non-hydrogen) atoms. The van der Waals surface area contributed by atoms with Crippen LogP contribution in [0.4, 0.5) is 5.69 Å². The summed E-state index contributed by atoms with van der Waals surface area (Å²) in [5, 5.41) is 11.9. The van der Waals surface area contributed by atoms with E-state index in [1.807, 2.05) is 18.2 Å². The zero-order chi connectivity index (χ0) is 18.8. The number of hydrogen-bond acceptors (Lipinski definition) is 4. The monoisotopic (exact) mass is 382 g/mol. The van der Waals surface area contributed by atoms with Crippen LogP contribution in [0.2, 0.25) is 5.02 Å². The van der Waals surface area contributed by atoms with Gasteiger partial charge in [-0.05, 0) is 42.3 Å². The van der Waals surface area contributed by atoms with Gasteiger partial charge < -0.3 is 4.57 Å². The predicted octanol–water partition coefficient (Wildman–Crippen LogP) is 4.44. The minimum absolute atomic E-state index is 0.0561. The second-order valence-electron chi connectivity index (χ2n) is 6.67. The molecule has 0 bridgehead atoms. The van der Waals surface area contributed by atoms with Crippen LogP contribution in [-0.4, -0.2) is 25.9 Å². The van der Waals surface area contributed by atoms with Crippen LogP contribution >= 0.6 is 11.6 Å². The molecule has 0 saturated heterocycles. The fourth-order valence-corrected chi connectivity index (χ4v) is 3.96. The summed E-state index contributed by atoms with van der Waals surface area (Å²) in [4.78, 5) is 17.4. The lowest BCUT2D eigenvalue weighted by molar-refractivity contribution is -0.384. The van der Waals surface area contributed by atoms with Gasteiger partial charge in [-0.25, -0.2) is 0 Å². The molecule has 0 N–H and O–H groups in total. The molecule has 0 saturated carbocycles. The summed E-state index contributed by atoms with van der Waals surface area (Å²) in [5.41, 5.74) is 3.07. The van der Waals surface area contributed by atoms with Crippen molar-refractivity contribution in [2.75, 3.05) is 6.54 Å². The lowest BCUT2D eigenvalue weighted by Gasteiger charge is -2.31. The van der Waals surface area contributed by atoms with Crippen LogP contribution in [0.3, 0.4) is 0 Å². The number of nitro benzene ring substituents is 1. The average molecular weight is 383 g/mol. The highest BCUT2D eigenvalue weighted by Crippen LogP contribution is 2.38. The molecular formula is C20H19ClN4O2. The SMILES string of the molecule is O=[N+]([O-])c1ccc(Cl)c([C@H]2c3cccn3CCCN2Cc2ccncc2)c1. The third kappa shape index (κ3) is 3.59. The number of hydrogen-bond donors (Lipinski definition) is 0. The van der Waals surface area contributed by atoms with E-state index in [1.165, 1.54) is 6.07 Å². The maximum absolute atomic E-state index is 11.3. The van der Waals surface area contributed by atoms with Crippen molar-refractivity contribution < 1.29 is 4.92 Å². The molecule has 0 amide bonds. The van der Waals surface area contributed by atoms with E-state index in [-0.39, 0.29) is 16.7 Å². The minimum Gasteiger partial charge on any atom is -0.350 e. The van der Waals surface area contributed by atoms with Gasteiger partial charge in [-0.2, -0.15) is 0 Å². The van der Waals surface area contributed by atoms with Gasteiger partial charge in [0.15, 0.2) is 0 Å². The van der Waals surface area contributed by atoms with Gasteiger partial charge >= 0.3 is 0 Å². The second kappa shape index (κ2) is 7.50. The summed E-state index contributed by atoms with van der Waals surface area (Å²) in [5.74, 6) is 0. The van der Waals surface area contributed by atoms with Gasteiger partial charge in [0.1, 0.15) is 0 Å². The Labute approximate surface area is 162 Å². The van der Waals surface area contributed by atoms with Crippen LogP contribution in [0.25, 0.3) is 0 Å². The number of fused-ring (bicyclic) bond motifs is 1. The molecule has 0 spiro atoms. The Balaban J connectivity index is 1.81. The van der Waals surface area contributed by atoms with Crippen molar-refractivity contribution in [2.24, 2.45) is 0 Å². The maximum atomic E-state index is 11.3. The van der Waals surface area contributed by atoms with E-state index in [1.54, 1.807) is 24.5 Å². The molecule has 3 heterocycles. The Hall–Kier alpha value is -2.70. The molecule has 1 atom stereocenters. The van der Waals surface area contributed by atoms with Crippen LogP contribution in [-0.2, 0) is 13.1 Å². The molecule has 4 rings (SSSR count). The topological polar surface area (TPSA) is 64.2 Å². The third-order valence-corrected chi connectivity index (χ3v) is 5.32. The molecule has 1 aliphatic rings. The van der Waals surface area contributed by atoms with Crippen molar-refractivity contribution in [1.82, 2.24) is 14.5 Å². The summed E-state index contributed by atoms with van der Waals surface area (Å²) in [6.07, 6.45) is 6.62. The highest BCUT2D eigenvalue weighted by atomic mass is 35.5. The second-order valence-corrected chi connectivity index (χ2v) is 7.08. The smallest absolute Gasteiger partial charge is 0.269 e. The lowest BCUT2D eigenvalue weighted by atomic mass is 10.0. The van der Waals surface area contributed by atoms with E-state index in [0.717, 1.165) is 42.9 Å². The summed E-state index contributed by atoms with van der Waals surface area (Å²) < 4.78 is 2.21. The maximum Gasteiger partial charge on any atom is 0.269 e. The van der Waals surface area contributed by atoms with E-state index >= 15 is 0 Å². The van der Waals surface area contributed by atoms with E-state index in [0.29, 0.717) is 5.02 Å². The van der Waals surface area contributed by atoms with Crippen LogP contribution < -0.4 is 0 Å². The van der Waals surface area contributed by atoms with Gasteiger partial charge in [0, 0.05) is 66.6 Å². The van der Waals surface area contributed by atoms with Gasteiger partial charge in [0.25, 0.3) is 5.69 Å². The molecular weight excluding hydrogens is 364 g/mol. The number of aromatic nitrogens is 2. The first kappa shape index (κ1) is 17.7. The first-order valence-corrected chi connectivity index (χ1v) is 9.23. The molecule has 0 aliphatic carbocycles. The number of benzene rings is 1. The van der Waals surface area contributed by atoms with Crippen molar-refractivity contribution >= 4 is 17.3 Å². The van der Waals surface area contributed by atoms with Gasteiger partial charge in [0.05, 0.1) is 11.0 Å². The molecule has 1 aromatic carbocycles. The van der Waals surface area contributed by atoms with Crippen LogP contribution in [0.1, 0.15) is 29.3 Å². The molecule has 6 nitrogen and oxygen atoms in total. The van der Waals surface area contributed by atoms with Crippen LogP contribution in [0, 0.1) is 10.1 Å². The van der Waals surface area contributed by atoms with E-state index in [9.17, 15) is 10.1 Å². The third-order valence-electron chi connectivity index (χ3n) is 4.97. The predicted molar refractivity (Wildman–Crippen MR) is 104 cm³/mol. The van der Waals surface area contributed by atoms with Crippen molar-refractivity contribution in [1.29, 1.82) is 0 Å². The number of rotatable bonds is 4. The van der Waals surface area contributed by atoms with Gasteiger partial charge in [-0.3, -0.25) is 20.0 Å². The standard InChI is InChI=1S/C20H19ClN4O2/c21-18-5-4-16(25(26)27)13-17(18)20-19-3-1-10-23(19)11-2-12-24(20)14-15-6-8-22-9-7-15/h1,3-10,13,20H,2,11-12,14H2/t20-/m0/s1. The van der Waals surface area contributed by atoms with Gasteiger partial charge in [-0.1, -0.05) is 11.6 Å². The zero-order valence-corrected chi connectivity index (χ0v) is 15.4. The van der Waals surface area contributed by atoms with Crippen LogP contribution in [0.5, 0.6) is 0 Å². The molecule has 0 radical (unpaired) electrons. The van der Waals surface area contributed by atoms with E-state index in [4.69, 9.17) is 11.6 Å². The number of halogens is 1. The summed E-state index contributed by atoms with van der Waals surface area (Å²) in [6.45, 7) is 2.50. The van der Waals surface area contributed by atoms with Crippen molar-refractivity contribution in [2.45, 2.75) is 25.6 Å². The normalized spacial score (nSPS) is 17.3. The van der Waals surface area contributed by atoms with E-state index < -0.39 is 0 Å². The van der Waals surface area contributed by atoms with Crippen molar-refractivity contribution in [3.05, 3.63) is 93.0 Å². The Kier molecular flexibility index (Phi) is 4.92. The number of nitro groups is 1. The first-order chi connectivity index (χ1) is 13.1. The molecule has 138 valence electrons. The Morgan fingerprint density at radius 1 is 1.19 bits per heavy atom. The number of pyridine rings is 1. The zero-order valence-electron chi connectivity index (χ0n) is 14.7. The lowest BCUT2D eigenvalue weighted by Crippen LogP contribution is -2.29. The number of nitrogens with zero attached hydrogens (tertiary/aromatic N) is 4. The van der Waals surface area contributed by atoms with Crippen molar-refractivity contribution in [3.63, 3.8) is 0 Å².